The van der Waals surface area contributed by atoms with Crippen LogP contribution in [0.3, 0.4) is 0 Å². The minimum atomic E-state index is -0.118. The number of quaternary nitrogens is 1. The fourth-order valence-corrected chi connectivity index (χ4v) is 3.76. The number of aryl methyl sites for hydroxylation is 1. The van der Waals surface area contributed by atoms with Crippen LogP contribution in [-0.2, 0) is 6.54 Å². The Morgan fingerprint density at radius 3 is 2.47 bits per heavy atom. The number of anilines is 2. The quantitative estimate of drug-likeness (QED) is 0.663. The Morgan fingerprint density at radius 1 is 1.10 bits per heavy atom. The molecule has 7 heteroatoms. The maximum atomic E-state index is 12.5. The zero-order valence-electron chi connectivity index (χ0n) is 16.9. The normalized spacial score (nSPS) is 14.5. The van der Waals surface area contributed by atoms with E-state index in [4.69, 9.17) is 11.6 Å². The first-order valence-electron chi connectivity index (χ1n) is 10.1. The van der Waals surface area contributed by atoms with Crippen LogP contribution in [0.4, 0.5) is 11.6 Å². The van der Waals surface area contributed by atoms with E-state index in [2.05, 4.69) is 20.2 Å². The van der Waals surface area contributed by atoms with Gasteiger partial charge in [0.15, 0.2) is 0 Å². The van der Waals surface area contributed by atoms with E-state index in [0.717, 1.165) is 49.9 Å². The molecule has 6 nitrogen and oxygen atoms in total. The molecule has 0 bridgehead atoms. The van der Waals surface area contributed by atoms with Gasteiger partial charge in [-0.2, -0.15) is 0 Å². The summed E-state index contributed by atoms with van der Waals surface area (Å²) in [6.07, 6.45) is 3.57. The van der Waals surface area contributed by atoms with Gasteiger partial charge < -0.3 is 15.1 Å². The number of halogens is 1. The molecule has 0 saturated carbocycles. The number of rotatable bonds is 5. The van der Waals surface area contributed by atoms with E-state index in [1.54, 1.807) is 18.5 Å². The fraction of sp³-hybridized carbons (Fsp3) is 0.261. The number of piperazine rings is 1. The topological polar surface area (TPSA) is 62.6 Å². The maximum Gasteiger partial charge on any atom is 0.255 e. The molecule has 1 aliphatic rings. The number of amides is 1. The summed E-state index contributed by atoms with van der Waals surface area (Å²) in [7, 11) is 0. The molecule has 1 fully saturated rings. The fourth-order valence-electron chi connectivity index (χ4n) is 3.64. The molecule has 2 N–H and O–H groups in total. The van der Waals surface area contributed by atoms with Gasteiger partial charge in [0, 0.05) is 34.2 Å². The van der Waals surface area contributed by atoms with Crippen LogP contribution in [0.5, 0.6) is 0 Å². The highest BCUT2D eigenvalue weighted by Crippen LogP contribution is 2.20. The zero-order chi connectivity index (χ0) is 20.9. The Hall–Kier alpha value is -2.96. The molecule has 3 aromatic rings. The summed E-state index contributed by atoms with van der Waals surface area (Å²) < 4.78 is 0. The van der Waals surface area contributed by atoms with Gasteiger partial charge in [0.25, 0.3) is 5.91 Å². The lowest BCUT2D eigenvalue weighted by Crippen LogP contribution is -3.13. The summed E-state index contributed by atoms with van der Waals surface area (Å²) in [4.78, 5) is 24.9. The van der Waals surface area contributed by atoms with Crippen molar-refractivity contribution in [2.75, 3.05) is 36.4 Å². The van der Waals surface area contributed by atoms with E-state index < -0.39 is 0 Å². The van der Waals surface area contributed by atoms with Gasteiger partial charge in [-0.25, -0.2) is 9.97 Å². The van der Waals surface area contributed by atoms with Crippen molar-refractivity contribution in [1.29, 1.82) is 0 Å². The average Bonchev–Trinajstić information content (AvgIpc) is 2.78. The second kappa shape index (κ2) is 9.24. The van der Waals surface area contributed by atoms with E-state index in [-0.39, 0.29) is 5.91 Å². The first-order chi connectivity index (χ1) is 14.6. The second-order valence-corrected chi connectivity index (χ2v) is 7.98. The third kappa shape index (κ3) is 4.96. The minimum absolute atomic E-state index is 0.118. The van der Waals surface area contributed by atoms with Crippen LogP contribution in [0, 0.1) is 6.92 Å². The summed E-state index contributed by atoms with van der Waals surface area (Å²) in [5.41, 5.74) is 3.56. The van der Waals surface area contributed by atoms with Crippen molar-refractivity contribution in [3.05, 3.63) is 82.6 Å². The Balaban J connectivity index is 1.30. The molecule has 0 spiro atoms. The third-order valence-electron chi connectivity index (χ3n) is 5.39. The van der Waals surface area contributed by atoms with E-state index in [9.17, 15) is 4.79 Å². The summed E-state index contributed by atoms with van der Waals surface area (Å²) in [5, 5.41) is 3.62. The van der Waals surface area contributed by atoms with Gasteiger partial charge in [-0.15, -0.1) is 0 Å². The zero-order valence-corrected chi connectivity index (χ0v) is 17.7. The largest absolute Gasteiger partial charge is 0.330 e. The maximum absolute atomic E-state index is 12.5. The molecule has 0 atom stereocenters. The Bertz CT molecular complexity index is 1000. The van der Waals surface area contributed by atoms with Crippen LogP contribution in [0.25, 0.3) is 0 Å². The highest BCUT2D eigenvalue weighted by atomic mass is 35.5. The molecule has 2 heterocycles. The van der Waals surface area contributed by atoms with Crippen LogP contribution in [0.1, 0.15) is 21.5 Å². The molecule has 0 radical (unpaired) electrons. The standard InChI is InChI=1S/C23H24ClN5O/c1-17-15-20(7-8-21(17)24)27-22(30)19-5-3-18(4-6-19)16-28-11-13-29(14-12-28)23-25-9-2-10-26-23/h2-10,15H,11-14,16H2,1H3,(H,27,30)/p+1. The summed E-state index contributed by atoms with van der Waals surface area (Å²) in [5.74, 6) is 0.690. The average molecular weight is 423 g/mol. The van der Waals surface area contributed by atoms with E-state index in [0.29, 0.717) is 10.6 Å². The predicted molar refractivity (Wildman–Crippen MR) is 119 cm³/mol. The van der Waals surface area contributed by atoms with Crippen molar-refractivity contribution in [2.24, 2.45) is 0 Å². The van der Waals surface area contributed by atoms with Crippen molar-refractivity contribution in [2.45, 2.75) is 13.5 Å². The van der Waals surface area contributed by atoms with Crippen LogP contribution >= 0.6 is 11.6 Å². The van der Waals surface area contributed by atoms with Crippen LogP contribution in [-0.4, -0.2) is 42.1 Å². The number of hydrogen-bond acceptors (Lipinski definition) is 4. The highest BCUT2D eigenvalue weighted by Gasteiger charge is 2.21. The van der Waals surface area contributed by atoms with Gasteiger partial charge in [-0.05, 0) is 48.9 Å². The van der Waals surface area contributed by atoms with E-state index >= 15 is 0 Å². The number of hydrogen-bond donors (Lipinski definition) is 2. The van der Waals surface area contributed by atoms with Crippen molar-refractivity contribution in [3.63, 3.8) is 0 Å². The molecule has 0 aliphatic carbocycles. The molecule has 1 aromatic heterocycles. The molecule has 1 saturated heterocycles. The SMILES string of the molecule is Cc1cc(NC(=O)c2ccc(C[NH+]3CCN(c4ncccn4)CC3)cc2)ccc1Cl. The number of aromatic nitrogens is 2. The highest BCUT2D eigenvalue weighted by molar-refractivity contribution is 6.31. The number of nitrogens with zero attached hydrogens (tertiary/aromatic N) is 3. The molecular weight excluding hydrogens is 398 g/mol. The lowest BCUT2D eigenvalue weighted by molar-refractivity contribution is -0.914. The van der Waals surface area contributed by atoms with E-state index in [1.165, 1.54) is 10.5 Å². The van der Waals surface area contributed by atoms with Gasteiger partial charge in [-0.1, -0.05) is 23.7 Å². The molecule has 1 aliphatic heterocycles. The van der Waals surface area contributed by atoms with Gasteiger partial charge >= 0.3 is 0 Å². The van der Waals surface area contributed by atoms with Crippen molar-refractivity contribution in [1.82, 2.24) is 9.97 Å². The smallest absolute Gasteiger partial charge is 0.255 e. The minimum Gasteiger partial charge on any atom is -0.330 e. The molecule has 2 aromatic carbocycles. The van der Waals surface area contributed by atoms with Gasteiger partial charge in [0.2, 0.25) is 5.95 Å². The van der Waals surface area contributed by atoms with Gasteiger partial charge in [0.1, 0.15) is 6.54 Å². The molecule has 4 rings (SSSR count). The summed E-state index contributed by atoms with van der Waals surface area (Å²) in [6.45, 7) is 6.83. The number of nitrogens with one attached hydrogen (secondary N) is 2. The third-order valence-corrected chi connectivity index (χ3v) is 5.82. The van der Waals surface area contributed by atoms with Crippen LogP contribution < -0.4 is 15.1 Å². The molecule has 0 unspecified atom stereocenters. The van der Waals surface area contributed by atoms with Gasteiger partial charge in [-0.3, -0.25) is 4.79 Å². The summed E-state index contributed by atoms with van der Waals surface area (Å²) >= 11 is 6.05. The monoisotopic (exact) mass is 422 g/mol. The van der Waals surface area contributed by atoms with Crippen LogP contribution in [0.2, 0.25) is 5.02 Å². The summed E-state index contributed by atoms with van der Waals surface area (Å²) in [6, 6.07) is 15.2. The number of benzene rings is 2. The van der Waals surface area contributed by atoms with Crippen molar-refractivity contribution >= 4 is 29.1 Å². The number of carbonyl (C=O) groups excluding carboxylic acids is 1. The van der Waals surface area contributed by atoms with Crippen molar-refractivity contribution in [3.8, 4) is 0 Å². The van der Waals surface area contributed by atoms with Gasteiger partial charge in [0.05, 0.1) is 26.2 Å². The first kappa shape index (κ1) is 20.3. The predicted octanol–water partition coefficient (Wildman–Crippen LogP) is 2.60. The number of carbonyl (C=O) groups is 1. The van der Waals surface area contributed by atoms with E-state index in [1.807, 2.05) is 49.4 Å². The van der Waals surface area contributed by atoms with Crippen LogP contribution in [0.15, 0.2) is 60.9 Å². The second-order valence-electron chi connectivity index (χ2n) is 7.58. The van der Waals surface area contributed by atoms with Crippen molar-refractivity contribution < 1.29 is 9.69 Å². The Labute approximate surface area is 181 Å². The molecule has 154 valence electrons. The molecule has 1 amide bonds. The Morgan fingerprint density at radius 2 is 1.80 bits per heavy atom. The Kier molecular flexibility index (Phi) is 6.26. The first-order valence-corrected chi connectivity index (χ1v) is 10.5. The lowest BCUT2D eigenvalue weighted by Gasteiger charge is -2.32. The molecule has 30 heavy (non-hydrogen) atoms. The lowest BCUT2D eigenvalue weighted by atomic mass is 10.1. The molecular formula is C23H25ClN5O+.